The molecule has 0 aliphatic carbocycles. The molecule has 0 bridgehead atoms. The number of nitro groups is 1. The zero-order valence-electron chi connectivity index (χ0n) is 11.2. The molecule has 7 nitrogen and oxygen atoms in total. The Morgan fingerprint density at radius 2 is 2.05 bits per heavy atom. The van der Waals surface area contributed by atoms with Crippen LogP contribution in [-0.2, 0) is 10.0 Å². The van der Waals surface area contributed by atoms with E-state index in [1.807, 2.05) is 0 Å². The SMILES string of the molecule is O=[N+]([O-])c1cc(NS(=O)(=O)CC2CCNCC2)ccc1Br. The highest BCUT2D eigenvalue weighted by Gasteiger charge is 2.22. The highest BCUT2D eigenvalue weighted by Crippen LogP contribution is 2.28. The van der Waals surface area contributed by atoms with E-state index >= 15 is 0 Å². The summed E-state index contributed by atoms with van der Waals surface area (Å²) < 4.78 is 27.0. The minimum atomic E-state index is -3.51. The zero-order valence-corrected chi connectivity index (χ0v) is 13.6. The molecule has 0 atom stereocenters. The number of hydrogen-bond acceptors (Lipinski definition) is 5. The van der Waals surface area contributed by atoms with E-state index in [1.165, 1.54) is 18.2 Å². The maximum Gasteiger partial charge on any atom is 0.285 e. The van der Waals surface area contributed by atoms with Crippen molar-refractivity contribution in [2.75, 3.05) is 23.6 Å². The van der Waals surface area contributed by atoms with Crippen molar-refractivity contribution in [3.63, 3.8) is 0 Å². The average molecular weight is 378 g/mol. The molecule has 21 heavy (non-hydrogen) atoms. The van der Waals surface area contributed by atoms with Crippen molar-refractivity contribution in [1.29, 1.82) is 0 Å². The van der Waals surface area contributed by atoms with E-state index in [9.17, 15) is 18.5 Å². The predicted octanol–water partition coefficient (Wildman–Crippen LogP) is 2.10. The van der Waals surface area contributed by atoms with E-state index in [-0.39, 0.29) is 23.0 Å². The molecule has 2 N–H and O–H groups in total. The van der Waals surface area contributed by atoms with Crippen molar-refractivity contribution in [2.45, 2.75) is 12.8 Å². The lowest BCUT2D eigenvalue weighted by molar-refractivity contribution is -0.385. The summed E-state index contributed by atoms with van der Waals surface area (Å²) in [5.74, 6) is 0.160. The lowest BCUT2D eigenvalue weighted by atomic mass is 10.0. The van der Waals surface area contributed by atoms with Crippen molar-refractivity contribution >= 4 is 37.3 Å². The van der Waals surface area contributed by atoms with Gasteiger partial charge in [-0.1, -0.05) is 0 Å². The molecule has 1 aliphatic rings. The number of nitrogens with one attached hydrogen (secondary N) is 2. The van der Waals surface area contributed by atoms with Gasteiger partial charge in [0.2, 0.25) is 10.0 Å². The van der Waals surface area contributed by atoms with Crippen LogP contribution in [0.4, 0.5) is 11.4 Å². The van der Waals surface area contributed by atoms with E-state index in [4.69, 9.17) is 0 Å². The quantitative estimate of drug-likeness (QED) is 0.604. The van der Waals surface area contributed by atoms with Crippen LogP contribution in [0.2, 0.25) is 0 Å². The lowest BCUT2D eigenvalue weighted by Crippen LogP contribution is -2.33. The van der Waals surface area contributed by atoms with Gasteiger partial charge in [0.05, 0.1) is 20.8 Å². The van der Waals surface area contributed by atoms with Gasteiger partial charge in [-0.15, -0.1) is 0 Å². The number of nitro benzene ring substituents is 1. The predicted molar refractivity (Wildman–Crippen MR) is 83.8 cm³/mol. The smallest absolute Gasteiger partial charge is 0.285 e. The van der Waals surface area contributed by atoms with Crippen LogP contribution < -0.4 is 10.0 Å². The molecule has 1 heterocycles. The van der Waals surface area contributed by atoms with Crippen LogP contribution >= 0.6 is 15.9 Å². The molecule has 0 amide bonds. The normalized spacial score (nSPS) is 16.6. The number of benzene rings is 1. The van der Waals surface area contributed by atoms with Crippen LogP contribution in [0.1, 0.15) is 12.8 Å². The van der Waals surface area contributed by atoms with Crippen LogP contribution in [0.3, 0.4) is 0 Å². The minimum absolute atomic E-state index is 0.0402. The second-order valence-corrected chi connectivity index (χ2v) is 7.62. The minimum Gasteiger partial charge on any atom is -0.317 e. The third kappa shape index (κ3) is 4.65. The molecule has 0 spiro atoms. The van der Waals surface area contributed by atoms with Gasteiger partial charge in [-0.3, -0.25) is 14.8 Å². The summed E-state index contributed by atoms with van der Waals surface area (Å²) >= 11 is 3.06. The summed E-state index contributed by atoms with van der Waals surface area (Å²) in [6.45, 7) is 1.65. The van der Waals surface area contributed by atoms with E-state index in [1.54, 1.807) is 0 Å². The van der Waals surface area contributed by atoms with E-state index in [0.717, 1.165) is 25.9 Å². The standard InChI is InChI=1S/C12H16BrN3O4S/c13-11-2-1-10(7-12(11)16(17)18)15-21(19,20)8-9-3-5-14-6-4-9/h1-2,7,9,14-15H,3-6,8H2. The van der Waals surface area contributed by atoms with Gasteiger partial charge in [0.25, 0.3) is 5.69 Å². The summed E-state index contributed by atoms with van der Waals surface area (Å²) in [6.07, 6.45) is 1.64. The first kappa shape index (κ1) is 16.2. The molecule has 0 aromatic heterocycles. The molecule has 1 saturated heterocycles. The number of rotatable bonds is 5. The summed E-state index contributed by atoms with van der Waals surface area (Å²) in [5, 5.41) is 14.0. The molecule has 1 fully saturated rings. The van der Waals surface area contributed by atoms with Crippen LogP contribution in [0.15, 0.2) is 22.7 Å². The summed E-state index contributed by atoms with van der Waals surface area (Å²) in [5.41, 5.74) is 0.0379. The van der Waals surface area contributed by atoms with Crippen molar-refractivity contribution in [3.05, 3.63) is 32.8 Å². The number of hydrogen-bond donors (Lipinski definition) is 2. The molecule has 0 saturated carbocycles. The highest BCUT2D eigenvalue weighted by atomic mass is 79.9. The van der Waals surface area contributed by atoms with Crippen molar-refractivity contribution in [3.8, 4) is 0 Å². The Hall–Kier alpha value is -1.19. The Balaban J connectivity index is 2.09. The molecular formula is C12H16BrN3O4S. The summed E-state index contributed by atoms with van der Waals surface area (Å²) in [7, 11) is -3.51. The van der Waals surface area contributed by atoms with Gasteiger partial charge in [0, 0.05) is 6.07 Å². The molecule has 1 aromatic rings. The Bertz CT molecular complexity index is 629. The average Bonchev–Trinajstić information content (AvgIpc) is 2.41. The van der Waals surface area contributed by atoms with Crippen molar-refractivity contribution < 1.29 is 13.3 Å². The van der Waals surface area contributed by atoms with Crippen LogP contribution in [-0.4, -0.2) is 32.2 Å². The second-order valence-electron chi connectivity index (χ2n) is 5.00. The molecule has 0 unspecified atom stereocenters. The number of anilines is 1. The fourth-order valence-electron chi connectivity index (χ4n) is 2.30. The van der Waals surface area contributed by atoms with Gasteiger partial charge in [0.15, 0.2) is 0 Å². The lowest BCUT2D eigenvalue weighted by Gasteiger charge is -2.22. The molecule has 0 radical (unpaired) electrons. The number of piperidine rings is 1. The van der Waals surface area contributed by atoms with Gasteiger partial charge < -0.3 is 5.32 Å². The second kappa shape index (κ2) is 6.71. The monoisotopic (exact) mass is 377 g/mol. The maximum atomic E-state index is 12.1. The Morgan fingerprint density at radius 1 is 1.38 bits per heavy atom. The Kier molecular flexibility index (Phi) is 5.17. The van der Waals surface area contributed by atoms with Crippen molar-refractivity contribution in [1.82, 2.24) is 5.32 Å². The maximum absolute atomic E-state index is 12.1. The first-order valence-electron chi connectivity index (χ1n) is 6.52. The molecular weight excluding hydrogens is 362 g/mol. The molecule has 9 heteroatoms. The Labute approximate surface area is 131 Å². The van der Waals surface area contributed by atoms with Gasteiger partial charge in [0.1, 0.15) is 0 Å². The highest BCUT2D eigenvalue weighted by molar-refractivity contribution is 9.10. The van der Waals surface area contributed by atoms with E-state index in [0.29, 0.717) is 4.47 Å². The fourth-order valence-corrected chi connectivity index (χ4v) is 4.21. The van der Waals surface area contributed by atoms with Crippen LogP contribution in [0, 0.1) is 16.0 Å². The largest absolute Gasteiger partial charge is 0.317 e. The zero-order chi connectivity index (χ0) is 15.5. The van der Waals surface area contributed by atoms with Gasteiger partial charge in [-0.2, -0.15) is 0 Å². The van der Waals surface area contributed by atoms with E-state index < -0.39 is 14.9 Å². The van der Waals surface area contributed by atoms with Gasteiger partial charge in [-0.25, -0.2) is 8.42 Å². The van der Waals surface area contributed by atoms with Gasteiger partial charge >= 0.3 is 0 Å². The van der Waals surface area contributed by atoms with Crippen LogP contribution in [0.25, 0.3) is 0 Å². The van der Waals surface area contributed by atoms with Crippen molar-refractivity contribution in [2.24, 2.45) is 5.92 Å². The molecule has 116 valence electrons. The number of halogens is 1. The molecule has 2 rings (SSSR count). The van der Waals surface area contributed by atoms with Gasteiger partial charge in [-0.05, 0) is 59.9 Å². The molecule has 1 aliphatic heterocycles. The first-order chi connectivity index (χ1) is 9.87. The number of nitrogens with zero attached hydrogens (tertiary/aromatic N) is 1. The summed E-state index contributed by atoms with van der Waals surface area (Å²) in [6, 6.07) is 4.17. The summed E-state index contributed by atoms with van der Waals surface area (Å²) in [4.78, 5) is 10.3. The molecule has 1 aromatic carbocycles. The first-order valence-corrected chi connectivity index (χ1v) is 8.97. The van der Waals surface area contributed by atoms with E-state index in [2.05, 4.69) is 26.0 Å². The van der Waals surface area contributed by atoms with Crippen LogP contribution in [0.5, 0.6) is 0 Å². The third-order valence-corrected chi connectivity index (χ3v) is 5.46. The Morgan fingerprint density at radius 3 is 2.67 bits per heavy atom. The topological polar surface area (TPSA) is 101 Å². The number of sulfonamides is 1. The fraction of sp³-hybridized carbons (Fsp3) is 0.500. The third-order valence-electron chi connectivity index (χ3n) is 3.33.